The van der Waals surface area contributed by atoms with Gasteiger partial charge in [-0.3, -0.25) is 0 Å². The van der Waals surface area contributed by atoms with E-state index in [0.29, 0.717) is 12.5 Å². The monoisotopic (exact) mass is 238 g/mol. The smallest absolute Gasteiger partial charge is 0.0459 e. The lowest BCUT2D eigenvalue weighted by molar-refractivity contribution is 0.115. The van der Waals surface area contributed by atoms with Crippen LogP contribution in [0, 0.1) is 23.7 Å². The molecule has 0 radical (unpaired) electrons. The summed E-state index contributed by atoms with van der Waals surface area (Å²) in [5, 5.41) is 9.18. The van der Waals surface area contributed by atoms with Gasteiger partial charge in [-0.1, -0.05) is 32.6 Å². The molecule has 0 saturated heterocycles. The molecular formula is C16H30O. The molecule has 0 aromatic heterocycles. The third-order valence-corrected chi connectivity index (χ3v) is 5.40. The van der Waals surface area contributed by atoms with Crippen LogP contribution < -0.4 is 0 Å². The zero-order chi connectivity index (χ0) is 12.1. The lowest BCUT2D eigenvalue weighted by Crippen LogP contribution is -2.26. The van der Waals surface area contributed by atoms with E-state index in [1.165, 1.54) is 64.2 Å². The molecule has 1 N–H and O–H groups in total. The lowest BCUT2D eigenvalue weighted by atomic mass is 9.69. The van der Waals surface area contributed by atoms with Crippen LogP contribution in [0.15, 0.2) is 0 Å². The Balaban J connectivity index is 1.70. The van der Waals surface area contributed by atoms with Gasteiger partial charge in [-0.25, -0.2) is 0 Å². The molecule has 100 valence electrons. The number of aliphatic hydroxyl groups is 1. The Kier molecular flexibility index (Phi) is 5.34. The fourth-order valence-corrected chi connectivity index (χ4v) is 4.20. The number of aliphatic hydroxyl groups excluding tert-OH is 1. The fourth-order valence-electron chi connectivity index (χ4n) is 4.20. The first-order valence-electron chi connectivity index (χ1n) is 7.94. The second-order valence-electron chi connectivity index (χ2n) is 6.53. The molecule has 0 heterocycles. The van der Waals surface area contributed by atoms with Gasteiger partial charge in [0, 0.05) is 6.61 Å². The summed E-state index contributed by atoms with van der Waals surface area (Å²) in [6.45, 7) is 2.75. The van der Waals surface area contributed by atoms with Gasteiger partial charge in [0.1, 0.15) is 0 Å². The van der Waals surface area contributed by atoms with Crippen LogP contribution in [0.2, 0.25) is 0 Å². The van der Waals surface area contributed by atoms with E-state index in [0.717, 1.165) is 17.8 Å². The molecule has 17 heavy (non-hydrogen) atoms. The van der Waals surface area contributed by atoms with E-state index < -0.39 is 0 Å². The van der Waals surface area contributed by atoms with Crippen LogP contribution in [-0.2, 0) is 0 Å². The zero-order valence-electron chi connectivity index (χ0n) is 11.5. The summed E-state index contributed by atoms with van der Waals surface area (Å²) in [4.78, 5) is 0. The Hall–Kier alpha value is -0.0400. The molecule has 2 fully saturated rings. The van der Waals surface area contributed by atoms with Crippen molar-refractivity contribution in [1.82, 2.24) is 0 Å². The van der Waals surface area contributed by atoms with Crippen molar-refractivity contribution < 1.29 is 5.11 Å². The Morgan fingerprint density at radius 2 is 1.24 bits per heavy atom. The quantitative estimate of drug-likeness (QED) is 0.770. The van der Waals surface area contributed by atoms with Gasteiger partial charge in [0.25, 0.3) is 0 Å². The van der Waals surface area contributed by atoms with Gasteiger partial charge in [0.05, 0.1) is 0 Å². The van der Waals surface area contributed by atoms with Crippen molar-refractivity contribution in [1.29, 1.82) is 0 Å². The normalized spacial score (nSPS) is 39.2. The average Bonchev–Trinajstić information content (AvgIpc) is 2.40. The van der Waals surface area contributed by atoms with E-state index in [2.05, 4.69) is 6.92 Å². The van der Waals surface area contributed by atoms with E-state index >= 15 is 0 Å². The third kappa shape index (κ3) is 3.71. The Bertz CT molecular complexity index is 198. The lowest BCUT2D eigenvalue weighted by Gasteiger charge is -2.37. The summed E-state index contributed by atoms with van der Waals surface area (Å²) < 4.78 is 0. The highest BCUT2D eigenvalue weighted by Gasteiger charge is 2.30. The molecule has 2 saturated carbocycles. The van der Waals surface area contributed by atoms with Crippen molar-refractivity contribution in [3.63, 3.8) is 0 Å². The van der Waals surface area contributed by atoms with E-state index in [4.69, 9.17) is 0 Å². The van der Waals surface area contributed by atoms with Gasteiger partial charge in [0.2, 0.25) is 0 Å². The topological polar surface area (TPSA) is 20.2 Å². The summed E-state index contributed by atoms with van der Waals surface area (Å²) in [6.07, 6.45) is 14.2. The molecule has 0 aromatic carbocycles. The maximum Gasteiger partial charge on any atom is 0.0459 e. The summed E-state index contributed by atoms with van der Waals surface area (Å²) in [5.74, 6) is 3.70. The van der Waals surface area contributed by atoms with E-state index in [1.54, 1.807) is 0 Å². The molecule has 0 aromatic rings. The number of rotatable bonds is 4. The zero-order valence-corrected chi connectivity index (χ0v) is 11.5. The molecule has 2 aliphatic carbocycles. The molecule has 0 unspecified atom stereocenters. The predicted octanol–water partition coefficient (Wildman–Crippen LogP) is 4.39. The molecule has 2 rings (SSSR count). The van der Waals surface area contributed by atoms with Crippen LogP contribution >= 0.6 is 0 Å². The van der Waals surface area contributed by atoms with Gasteiger partial charge in [-0.15, -0.1) is 0 Å². The molecule has 0 bridgehead atoms. The standard InChI is InChI=1S/C16H30O/c1-2-3-13-4-8-15(9-5-13)16-10-6-14(12-17)7-11-16/h13-17H,2-12H2,1H3. The van der Waals surface area contributed by atoms with Crippen molar-refractivity contribution >= 4 is 0 Å². The van der Waals surface area contributed by atoms with E-state index in [9.17, 15) is 5.11 Å². The van der Waals surface area contributed by atoms with Crippen LogP contribution in [0.3, 0.4) is 0 Å². The van der Waals surface area contributed by atoms with Gasteiger partial charge >= 0.3 is 0 Å². The van der Waals surface area contributed by atoms with Crippen LogP contribution in [0.25, 0.3) is 0 Å². The van der Waals surface area contributed by atoms with Crippen molar-refractivity contribution in [2.75, 3.05) is 6.61 Å². The molecule has 0 atom stereocenters. The summed E-state index contributed by atoms with van der Waals surface area (Å²) in [5.41, 5.74) is 0. The van der Waals surface area contributed by atoms with E-state index in [1.807, 2.05) is 0 Å². The minimum Gasteiger partial charge on any atom is -0.396 e. The first-order chi connectivity index (χ1) is 8.33. The van der Waals surface area contributed by atoms with E-state index in [-0.39, 0.29) is 0 Å². The average molecular weight is 238 g/mol. The van der Waals surface area contributed by atoms with Gasteiger partial charge < -0.3 is 5.11 Å². The van der Waals surface area contributed by atoms with Crippen LogP contribution in [-0.4, -0.2) is 11.7 Å². The molecule has 0 amide bonds. The van der Waals surface area contributed by atoms with Gasteiger partial charge in [-0.2, -0.15) is 0 Å². The first kappa shape index (κ1) is 13.4. The first-order valence-corrected chi connectivity index (χ1v) is 7.94. The highest BCUT2D eigenvalue weighted by atomic mass is 16.3. The molecule has 1 nitrogen and oxygen atoms in total. The highest BCUT2D eigenvalue weighted by Crippen LogP contribution is 2.41. The molecule has 1 heteroatoms. The van der Waals surface area contributed by atoms with Crippen LogP contribution in [0.4, 0.5) is 0 Å². The van der Waals surface area contributed by atoms with Gasteiger partial charge in [-0.05, 0) is 62.2 Å². The van der Waals surface area contributed by atoms with Crippen molar-refractivity contribution in [3.8, 4) is 0 Å². The summed E-state index contributed by atoms with van der Waals surface area (Å²) in [6, 6.07) is 0. The maximum atomic E-state index is 9.18. The molecule has 0 aliphatic heterocycles. The number of hydrogen-bond acceptors (Lipinski definition) is 1. The fraction of sp³-hybridized carbons (Fsp3) is 1.00. The molecule has 0 spiro atoms. The molecule has 2 aliphatic rings. The maximum absolute atomic E-state index is 9.18. The Labute approximate surface area is 107 Å². The Morgan fingerprint density at radius 3 is 1.65 bits per heavy atom. The summed E-state index contributed by atoms with van der Waals surface area (Å²) >= 11 is 0. The summed E-state index contributed by atoms with van der Waals surface area (Å²) in [7, 11) is 0. The minimum atomic E-state index is 0.427. The van der Waals surface area contributed by atoms with Crippen molar-refractivity contribution in [2.24, 2.45) is 23.7 Å². The molecular weight excluding hydrogens is 208 g/mol. The SMILES string of the molecule is CCCC1CCC(C2CCC(CO)CC2)CC1. The predicted molar refractivity (Wildman–Crippen MR) is 72.9 cm³/mol. The largest absolute Gasteiger partial charge is 0.396 e. The number of hydrogen-bond donors (Lipinski definition) is 1. The second kappa shape index (κ2) is 6.78. The van der Waals surface area contributed by atoms with Crippen LogP contribution in [0.1, 0.15) is 71.1 Å². The van der Waals surface area contributed by atoms with Crippen molar-refractivity contribution in [2.45, 2.75) is 71.1 Å². The Morgan fingerprint density at radius 1 is 0.765 bits per heavy atom. The second-order valence-corrected chi connectivity index (χ2v) is 6.53. The van der Waals surface area contributed by atoms with Crippen LogP contribution in [0.5, 0.6) is 0 Å². The van der Waals surface area contributed by atoms with Crippen molar-refractivity contribution in [3.05, 3.63) is 0 Å². The minimum absolute atomic E-state index is 0.427. The third-order valence-electron chi connectivity index (χ3n) is 5.40. The highest BCUT2D eigenvalue weighted by molar-refractivity contribution is 4.81. The van der Waals surface area contributed by atoms with Gasteiger partial charge in [0.15, 0.2) is 0 Å².